The summed E-state index contributed by atoms with van der Waals surface area (Å²) in [7, 11) is -3.33. The molecule has 1 unspecified atom stereocenters. The number of fused-ring (bicyclic) bond motifs is 1. The van der Waals surface area contributed by atoms with Gasteiger partial charge in [0.15, 0.2) is 9.84 Å². The van der Waals surface area contributed by atoms with Gasteiger partial charge in [-0.1, -0.05) is 29.3 Å². The first kappa shape index (κ1) is 21.9. The van der Waals surface area contributed by atoms with Gasteiger partial charge in [-0.05, 0) is 42.5 Å². The maximum atomic E-state index is 13.2. The van der Waals surface area contributed by atoms with Crippen molar-refractivity contribution in [3.63, 3.8) is 0 Å². The standard InChI is InChI=1S/C22H18Cl2N4O4S/c23-14-4-6-16(7-5-14)27-10-13(8-20(27)29)22(30)25-21-18-11-33(31,32)12-19(18)26-28(21)17-3-1-2-15(24)9-17/h1-7,9,13H,8,10-12H2,(H,25,30). The second kappa shape index (κ2) is 8.16. The zero-order chi connectivity index (χ0) is 23.3. The lowest BCUT2D eigenvalue weighted by Gasteiger charge is -2.17. The molecule has 1 fully saturated rings. The Morgan fingerprint density at radius 3 is 2.52 bits per heavy atom. The van der Waals surface area contributed by atoms with Crippen molar-refractivity contribution < 1.29 is 18.0 Å². The number of nitrogens with zero attached hydrogens (tertiary/aromatic N) is 3. The van der Waals surface area contributed by atoms with Crippen LogP contribution in [0, 0.1) is 5.92 Å². The quantitative estimate of drug-likeness (QED) is 0.584. The van der Waals surface area contributed by atoms with E-state index in [-0.39, 0.29) is 42.1 Å². The highest BCUT2D eigenvalue weighted by Gasteiger charge is 2.38. The molecule has 0 saturated carbocycles. The van der Waals surface area contributed by atoms with Crippen molar-refractivity contribution in [1.82, 2.24) is 9.78 Å². The van der Waals surface area contributed by atoms with Crippen molar-refractivity contribution in [2.45, 2.75) is 17.9 Å². The number of benzene rings is 2. The second-order valence-corrected chi connectivity index (χ2v) is 11.0. The summed E-state index contributed by atoms with van der Waals surface area (Å²) in [6.45, 7) is 0.206. The number of carbonyl (C=O) groups is 2. The minimum atomic E-state index is -3.33. The third-order valence-corrected chi connectivity index (χ3v) is 7.64. The van der Waals surface area contributed by atoms with E-state index in [9.17, 15) is 18.0 Å². The minimum absolute atomic E-state index is 0.0419. The highest BCUT2D eigenvalue weighted by Crippen LogP contribution is 2.34. The van der Waals surface area contributed by atoms with Gasteiger partial charge < -0.3 is 10.2 Å². The number of carbonyl (C=O) groups excluding carboxylic acids is 2. The third-order valence-electron chi connectivity index (χ3n) is 5.72. The lowest BCUT2D eigenvalue weighted by molar-refractivity contribution is -0.122. The monoisotopic (exact) mass is 504 g/mol. The zero-order valence-corrected chi connectivity index (χ0v) is 19.5. The van der Waals surface area contributed by atoms with Gasteiger partial charge in [0.2, 0.25) is 11.8 Å². The maximum Gasteiger partial charge on any atom is 0.230 e. The smallest absolute Gasteiger partial charge is 0.230 e. The van der Waals surface area contributed by atoms with Crippen LogP contribution in [0.5, 0.6) is 0 Å². The molecule has 2 amide bonds. The van der Waals surface area contributed by atoms with Crippen LogP contribution in [0.1, 0.15) is 17.7 Å². The lowest BCUT2D eigenvalue weighted by Crippen LogP contribution is -2.29. The molecule has 8 nitrogen and oxygen atoms in total. The van der Waals surface area contributed by atoms with Crippen LogP contribution in [0.2, 0.25) is 10.0 Å². The molecular formula is C22H18Cl2N4O4S. The number of nitrogens with one attached hydrogen (secondary N) is 1. The van der Waals surface area contributed by atoms with Crippen LogP contribution in [-0.2, 0) is 30.9 Å². The fraction of sp³-hybridized carbons (Fsp3) is 0.227. The van der Waals surface area contributed by atoms with Crippen LogP contribution >= 0.6 is 23.2 Å². The van der Waals surface area contributed by atoms with Gasteiger partial charge in [0.05, 0.1) is 28.8 Å². The molecule has 0 radical (unpaired) electrons. The fourth-order valence-electron chi connectivity index (χ4n) is 4.14. The highest BCUT2D eigenvalue weighted by molar-refractivity contribution is 7.90. The maximum absolute atomic E-state index is 13.2. The Labute approximate surface area is 200 Å². The van der Waals surface area contributed by atoms with Gasteiger partial charge in [0, 0.05) is 34.3 Å². The van der Waals surface area contributed by atoms with Crippen LogP contribution in [-0.4, -0.2) is 36.6 Å². The Morgan fingerprint density at radius 1 is 1.03 bits per heavy atom. The van der Waals surface area contributed by atoms with E-state index in [1.54, 1.807) is 53.4 Å². The predicted molar refractivity (Wildman–Crippen MR) is 125 cm³/mol. The molecule has 5 rings (SSSR count). The van der Waals surface area contributed by atoms with Crippen molar-refractivity contribution in [2.75, 3.05) is 16.8 Å². The van der Waals surface area contributed by atoms with E-state index < -0.39 is 15.8 Å². The van der Waals surface area contributed by atoms with Gasteiger partial charge in [-0.2, -0.15) is 5.10 Å². The normalized spacial score (nSPS) is 19.0. The largest absolute Gasteiger partial charge is 0.312 e. The van der Waals surface area contributed by atoms with Gasteiger partial charge in [0.25, 0.3) is 0 Å². The predicted octanol–water partition coefficient (Wildman–Crippen LogP) is 3.60. The molecule has 170 valence electrons. The molecule has 1 atom stereocenters. The zero-order valence-electron chi connectivity index (χ0n) is 17.2. The first-order chi connectivity index (χ1) is 15.7. The van der Waals surface area contributed by atoms with Gasteiger partial charge in [0.1, 0.15) is 5.82 Å². The van der Waals surface area contributed by atoms with Crippen LogP contribution in [0.25, 0.3) is 5.69 Å². The summed E-state index contributed by atoms with van der Waals surface area (Å²) in [6.07, 6.45) is 0.0419. The van der Waals surface area contributed by atoms with Gasteiger partial charge >= 0.3 is 0 Å². The van der Waals surface area contributed by atoms with Gasteiger partial charge in [-0.25, -0.2) is 13.1 Å². The van der Waals surface area contributed by atoms with Crippen LogP contribution in [0.15, 0.2) is 48.5 Å². The van der Waals surface area contributed by atoms with E-state index in [1.807, 2.05) is 0 Å². The van der Waals surface area contributed by atoms with Gasteiger partial charge in [-0.3, -0.25) is 9.59 Å². The summed E-state index contributed by atoms with van der Waals surface area (Å²) in [6, 6.07) is 13.7. The first-order valence-electron chi connectivity index (χ1n) is 10.1. The average Bonchev–Trinajstić information content (AvgIpc) is 3.39. The minimum Gasteiger partial charge on any atom is -0.312 e. The summed E-state index contributed by atoms with van der Waals surface area (Å²) in [5.41, 5.74) is 2.11. The Kier molecular flexibility index (Phi) is 5.43. The fourth-order valence-corrected chi connectivity index (χ4v) is 5.94. The molecule has 1 N–H and O–H groups in total. The number of rotatable bonds is 4. The van der Waals surface area contributed by atoms with Crippen LogP contribution in [0.3, 0.4) is 0 Å². The molecule has 33 heavy (non-hydrogen) atoms. The average molecular weight is 505 g/mol. The molecular weight excluding hydrogens is 487 g/mol. The topological polar surface area (TPSA) is 101 Å². The van der Waals surface area contributed by atoms with Crippen molar-refractivity contribution in [1.29, 1.82) is 0 Å². The summed E-state index contributed by atoms with van der Waals surface area (Å²) in [4.78, 5) is 27.3. The van der Waals surface area contributed by atoms with Crippen molar-refractivity contribution in [3.8, 4) is 5.69 Å². The van der Waals surface area contributed by atoms with E-state index >= 15 is 0 Å². The number of hydrogen-bond acceptors (Lipinski definition) is 5. The number of halogens is 2. The molecule has 3 aromatic rings. The van der Waals surface area contributed by atoms with E-state index in [4.69, 9.17) is 23.2 Å². The molecule has 2 aromatic carbocycles. The van der Waals surface area contributed by atoms with Crippen molar-refractivity contribution in [2.24, 2.45) is 5.92 Å². The summed E-state index contributed by atoms with van der Waals surface area (Å²) in [5.74, 6) is -1.27. The van der Waals surface area contributed by atoms with E-state index in [0.717, 1.165) is 0 Å². The molecule has 2 aliphatic rings. The summed E-state index contributed by atoms with van der Waals surface area (Å²) >= 11 is 12.0. The number of aromatic nitrogens is 2. The second-order valence-electron chi connectivity index (χ2n) is 8.07. The Morgan fingerprint density at radius 2 is 1.79 bits per heavy atom. The molecule has 0 aliphatic carbocycles. The SMILES string of the molecule is O=C(Nc1c2c(nn1-c1cccc(Cl)c1)CS(=O)(=O)C2)C1CC(=O)N(c2ccc(Cl)cc2)C1. The lowest BCUT2D eigenvalue weighted by atomic mass is 10.1. The molecule has 0 spiro atoms. The Hall–Kier alpha value is -2.88. The number of hydrogen-bond donors (Lipinski definition) is 1. The van der Waals surface area contributed by atoms with Crippen molar-refractivity contribution >= 4 is 56.4 Å². The Bertz CT molecular complexity index is 1390. The molecule has 1 aromatic heterocycles. The summed E-state index contributed by atoms with van der Waals surface area (Å²) < 4.78 is 25.8. The molecule has 1 saturated heterocycles. The van der Waals surface area contributed by atoms with Crippen LogP contribution in [0.4, 0.5) is 11.5 Å². The molecule has 11 heteroatoms. The number of anilines is 2. The molecule has 0 bridgehead atoms. The highest BCUT2D eigenvalue weighted by atomic mass is 35.5. The van der Waals surface area contributed by atoms with E-state index in [0.29, 0.717) is 32.7 Å². The van der Waals surface area contributed by atoms with Crippen molar-refractivity contribution in [3.05, 3.63) is 69.8 Å². The van der Waals surface area contributed by atoms with E-state index in [1.165, 1.54) is 4.68 Å². The molecule has 2 aliphatic heterocycles. The molecule has 3 heterocycles. The first-order valence-corrected chi connectivity index (χ1v) is 12.7. The number of amides is 2. The van der Waals surface area contributed by atoms with Crippen LogP contribution < -0.4 is 10.2 Å². The third kappa shape index (κ3) is 4.23. The van der Waals surface area contributed by atoms with E-state index in [2.05, 4.69) is 10.4 Å². The number of sulfone groups is 1. The van der Waals surface area contributed by atoms with Gasteiger partial charge in [-0.15, -0.1) is 0 Å². The Balaban J connectivity index is 1.44. The summed E-state index contributed by atoms with van der Waals surface area (Å²) in [5, 5.41) is 8.31.